The molecule has 1 aromatic carbocycles. The summed E-state index contributed by atoms with van der Waals surface area (Å²) in [6, 6.07) is 5.78. The van der Waals surface area contributed by atoms with Crippen molar-refractivity contribution in [3.05, 3.63) is 23.8 Å². The molecule has 0 saturated carbocycles. The van der Waals surface area contributed by atoms with E-state index in [1.807, 2.05) is 18.2 Å². The first kappa shape index (κ1) is 15.8. The number of rotatable bonds is 8. The maximum atomic E-state index is 9.00. The van der Waals surface area contributed by atoms with E-state index in [2.05, 4.69) is 19.2 Å². The predicted octanol–water partition coefficient (Wildman–Crippen LogP) is 2.20. The molecule has 19 heavy (non-hydrogen) atoms. The third-order valence-corrected chi connectivity index (χ3v) is 3.20. The van der Waals surface area contributed by atoms with Crippen molar-refractivity contribution in [1.82, 2.24) is 5.32 Å². The number of ether oxygens (including phenoxy) is 2. The first-order valence-corrected chi connectivity index (χ1v) is 6.55. The minimum absolute atomic E-state index is 0.0842. The molecule has 2 N–H and O–H groups in total. The Kier molecular flexibility index (Phi) is 6.12. The molecule has 0 bridgehead atoms. The number of aliphatic hydroxyl groups is 1. The average molecular weight is 267 g/mol. The Morgan fingerprint density at radius 1 is 1.21 bits per heavy atom. The second kappa shape index (κ2) is 7.36. The first-order valence-electron chi connectivity index (χ1n) is 6.55. The van der Waals surface area contributed by atoms with Crippen molar-refractivity contribution in [1.29, 1.82) is 0 Å². The molecule has 0 aromatic heterocycles. The Morgan fingerprint density at radius 3 is 2.53 bits per heavy atom. The van der Waals surface area contributed by atoms with Gasteiger partial charge in [-0.1, -0.05) is 13.8 Å². The third kappa shape index (κ3) is 5.09. The molecular formula is C15H25NO3. The Labute approximate surface area is 115 Å². The monoisotopic (exact) mass is 267 g/mol. The lowest BCUT2D eigenvalue weighted by Crippen LogP contribution is -2.30. The summed E-state index contributed by atoms with van der Waals surface area (Å²) >= 11 is 0. The summed E-state index contributed by atoms with van der Waals surface area (Å²) in [5.74, 6) is 1.68. The van der Waals surface area contributed by atoms with Crippen molar-refractivity contribution >= 4 is 0 Å². The topological polar surface area (TPSA) is 50.7 Å². The van der Waals surface area contributed by atoms with Crippen LogP contribution in [0.25, 0.3) is 0 Å². The van der Waals surface area contributed by atoms with Crippen molar-refractivity contribution in [2.75, 3.05) is 27.4 Å². The molecule has 0 amide bonds. The highest BCUT2D eigenvalue weighted by molar-refractivity contribution is 5.40. The average Bonchev–Trinajstić information content (AvgIpc) is 2.38. The van der Waals surface area contributed by atoms with Crippen molar-refractivity contribution in [3.8, 4) is 11.5 Å². The van der Waals surface area contributed by atoms with Gasteiger partial charge in [-0.05, 0) is 30.0 Å². The molecule has 108 valence electrons. The van der Waals surface area contributed by atoms with Crippen LogP contribution >= 0.6 is 0 Å². The van der Waals surface area contributed by atoms with E-state index in [9.17, 15) is 0 Å². The van der Waals surface area contributed by atoms with Gasteiger partial charge >= 0.3 is 0 Å². The van der Waals surface area contributed by atoms with Crippen LogP contribution in [0, 0.1) is 5.41 Å². The van der Waals surface area contributed by atoms with Gasteiger partial charge in [0.05, 0.1) is 14.2 Å². The van der Waals surface area contributed by atoms with E-state index in [1.54, 1.807) is 14.2 Å². The predicted molar refractivity (Wildman–Crippen MR) is 76.7 cm³/mol. The summed E-state index contributed by atoms with van der Waals surface area (Å²) < 4.78 is 10.6. The molecule has 4 heteroatoms. The first-order chi connectivity index (χ1) is 9.02. The number of aliphatic hydroxyl groups excluding tert-OH is 1. The molecule has 0 spiro atoms. The summed E-state index contributed by atoms with van der Waals surface area (Å²) in [7, 11) is 3.32. The van der Waals surface area contributed by atoms with Crippen LogP contribution in [0.3, 0.4) is 0 Å². The van der Waals surface area contributed by atoms with E-state index in [4.69, 9.17) is 14.6 Å². The molecule has 0 atom stereocenters. The molecule has 0 aliphatic rings. The van der Waals surface area contributed by atoms with Crippen molar-refractivity contribution in [2.45, 2.75) is 26.8 Å². The Morgan fingerprint density at radius 2 is 1.95 bits per heavy atom. The van der Waals surface area contributed by atoms with Crippen molar-refractivity contribution in [2.24, 2.45) is 5.41 Å². The standard InChI is InChI=1S/C15H25NO3/c1-15(2,7-8-17)11-16-10-12-9-13(18-3)5-6-14(12)19-4/h5-6,9,16-17H,7-8,10-11H2,1-4H3. The van der Waals surface area contributed by atoms with E-state index in [1.165, 1.54) is 0 Å². The lowest BCUT2D eigenvalue weighted by molar-refractivity contribution is 0.207. The van der Waals surface area contributed by atoms with Crippen LogP contribution in [0.2, 0.25) is 0 Å². The quantitative estimate of drug-likeness (QED) is 0.758. The minimum Gasteiger partial charge on any atom is -0.497 e. The fourth-order valence-corrected chi connectivity index (χ4v) is 1.95. The van der Waals surface area contributed by atoms with E-state index >= 15 is 0 Å². The molecule has 0 heterocycles. The fourth-order valence-electron chi connectivity index (χ4n) is 1.95. The molecule has 0 radical (unpaired) electrons. The fraction of sp³-hybridized carbons (Fsp3) is 0.600. The molecule has 0 aliphatic heterocycles. The highest BCUT2D eigenvalue weighted by atomic mass is 16.5. The second-order valence-electron chi connectivity index (χ2n) is 5.42. The van der Waals surface area contributed by atoms with Crippen molar-refractivity contribution < 1.29 is 14.6 Å². The Balaban J connectivity index is 2.61. The summed E-state index contributed by atoms with van der Waals surface area (Å²) in [5.41, 5.74) is 1.16. The van der Waals surface area contributed by atoms with Gasteiger partial charge in [0.2, 0.25) is 0 Å². The summed E-state index contributed by atoms with van der Waals surface area (Å²) in [4.78, 5) is 0. The third-order valence-electron chi connectivity index (χ3n) is 3.20. The summed E-state index contributed by atoms with van der Waals surface area (Å²) in [5, 5.41) is 12.4. The smallest absolute Gasteiger partial charge is 0.123 e. The van der Waals surface area contributed by atoms with Crippen LogP contribution in [0.1, 0.15) is 25.8 Å². The number of hydrogen-bond acceptors (Lipinski definition) is 4. The van der Waals surface area contributed by atoms with Crippen LogP contribution in [-0.2, 0) is 6.54 Å². The van der Waals surface area contributed by atoms with Gasteiger partial charge in [0.15, 0.2) is 0 Å². The zero-order chi connectivity index (χ0) is 14.3. The Hall–Kier alpha value is -1.26. The minimum atomic E-state index is 0.0842. The van der Waals surface area contributed by atoms with Gasteiger partial charge < -0.3 is 19.9 Å². The zero-order valence-electron chi connectivity index (χ0n) is 12.3. The van der Waals surface area contributed by atoms with E-state index in [-0.39, 0.29) is 12.0 Å². The normalized spacial score (nSPS) is 11.4. The van der Waals surface area contributed by atoms with Crippen LogP contribution in [0.4, 0.5) is 0 Å². The molecule has 1 rings (SSSR count). The molecule has 0 unspecified atom stereocenters. The van der Waals surface area contributed by atoms with Gasteiger partial charge in [-0.25, -0.2) is 0 Å². The van der Waals surface area contributed by atoms with Crippen LogP contribution in [-0.4, -0.2) is 32.5 Å². The van der Waals surface area contributed by atoms with Crippen LogP contribution in [0.5, 0.6) is 11.5 Å². The van der Waals surface area contributed by atoms with Gasteiger partial charge in [0.25, 0.3) is 0 Å². The second-order valence-corrected chi connectivity index (χ2v) is 5.42. The number of hydrogen-bond donors (Lipinski definition) is 2. The SMILES string of the molecule is COc1ccc(OC)c(CNCC(C)(C)CCO)c1. The largest absolute Gasteiger partial charge is 0.497 e. The molecule has 1 aromatic rings. The number of nitrogens with one attached hydrogen (secondary N) is 1. The van der Waals surface area contributed by atoms with Gasteiger partial charge in [0.1, 0.15) is 11.5 Å². The van der Waals surface area contributed by atoms with Crippen molar-refractivity contribution in [3.63, 3.8) is 0 Å². The van der Waals surface area contributed by atoms with Gasteiger partial charge in [-0.2, -0.15) is 0 Å². The van der Waals surface area contributed by atoms with E-state index < -0.39 is 0 Å². The Bertz CT molecular complexity index is 391. The van der Waals surface area contributed by atoms with Gasteiger partial charge in [-0.3, -0.25) is 0 Å². The lowest BCUT2D eigenvalue weighted by Gasteiger charge is -2.24. The zero-order valence-corrected chi connectivity index (χ0v) is 12.3. The van der Waals surface area contributed by atoms with Gasteiger partial charge in [0, 0.05) is 25.3 Å². The highest BCUT2D eigenvalue weighted by Crippen LogP contribution is 2.24. The molecule has 4 nitrogen and oxygen atoms in total. The molecule has 0 saturated heterocycles. The maximum Gasteiger partial charge on any atom is 0.123 e. The summed E-state index contributed by atoms with van der Waals surface area (Å²) in [6.07, 6.45) is 0.787. The molecular weight excluding hydrogens is 242 g/mol. The number of benzene rings is 1. The van der Waals surface area contributed by atoms with Crippen LogP contribution < -0.4 is 14.8 Å². The van der Waals surface area contributed by atoms with E-state index in [0.717, 1.165) is 36.6 Å². The summed E-state index contributed by atoms with van der Waals surface area (Å²) in [6.45, 7) is 6.05. The van der Waals surface area contributed by atoms with Crippen LogP contribution in [0.15, 0.2) is 18.2 Å². The lowest BCUT2D eigenvalue weighted by atomic mass is 9.90. The van der Waals surface area contributed by atoms with Gasteiger partial charge in [-0.15, -0.1) is 0 Å². The highest BCUT2D eigenvalue weighted by Gasteiger charge is 2.16. The molecule has 0 fully saturated rings. The van der Waals surface area contributed by atoms with E-state index in [0.29, 0.717) is 0 Å². The maximum absolute atomic E-state index is 9.00. The molecule has 0 aliphatic carbocycles. The number of methoxy groups -OCH3 is 2.